The molecule has 0 unspecified atom stereocenters. The predicted octanol–water partition coefficient (Wildman–Crippen LogP) is 1.80. The fourth-order valence-electron chi connectivity index (χ4n) is 1.55. The molecular weight excluding hydrogens is 192 g/mol. The van der Waals surface area contributed by atoms with Crippen LogP contribution < -0.4 is 0 Å². The number of hydrogen-bond donors (Lipinski definition) is 0. The molecule has 0 atom stereocenters. The van der Waals surface area contributed by atoms with E-state index >= 15 is 0 Å². The second-order valence-corrected chi connectivity index (χ2v) is 3.62. The molecule has 1 aromatic heterocycles. The molecule has 1 aliphatic rings. The third-order valence-corrected chi connectivity index (χ3v) is 2.44. The van der Waals surface area contributed by atoms with Gasteiger partial charge in [-0.15, -0.1) is 0 Å². The first kappa shape index (κ1) is 9.78. The van der Waals surface area contributed by atoms with Crippen molar-refractivity contribution in [2.75, 3.05) is 6.54 Å². The number of amides is 1. The number of carbonyl (C=O) groups excluding carboxylic acids is 1. The monoisotopic (exact) mass is 204 g/mol. The van der Waals surface area contributed by atoms with Crippen LogP contribution in [0.25, 0.3) is 0 Å². The normalized spacial score (nSPS) is 14.6. The van der Waals surface area contributed by atoms with Crippen molar-refractivity contribution in [1.29, 1.82) is 5.26 Å². The second kappa shape index (κ2) is 4.18. The summed E-state index contributed by atoms with van der Waals surface area (Å²) in [5, 5.41) is 8.52. The van der Waals surface area contributed by atoms with Gasteiger partial charge in [0.05, 0.1) is 18.8 Å². The smallest absolute Gasteiger partial charge is 0.289 e. The lowest BCUT2D eigenvalue weighted by atomic mass is 10.3. The summed E-state index contributed by atoms with van der Waals surface area (Å²) in [4.78, 5) is 13.7. The lowest BCUT2D eigenvalue weighted by molar-refractivity contribution is 0.0714. The van der Waals surface area contributed by atoms with Gasteiger partial charge in [-0.25, -0.2) is 0 Å². The first-order valence-electron chi connectivity index (χ1n) is 5.04. The third-order valence-electron chi connectivity index (χ3n) is 2.44. The van der Waals surface area contributed by atoms with Gasteiger partial charge in [0.1, 0.15) is 0 Å². The molecule has 0 spiro atoms. The Morgan fingerprint density at radius 2 is 2.47 bits per heavy atom. The number of hydrogen-bond acceptors (Lipinski definition) is 3. The minimum Gasteiger partial charge on any atom is -0.459 e. The van der Waals surface area contributed by atoms with E-state index in [1.807, 2.05) is 0 Å². The van der Waals surface area contributed by atoms with Crippen molar-refractivity contribution in [2.45, 2.75) is 25.3 Å². The molecule has 1 aliphatic carbocycles. The molecule has 2 rings (SSSR count). The molecule has 1 heterocycles. The molecule has 0 aliphatic heterocycles. The Bertz CT molecular complexity index is 374. The van der Waals surface area contributed by atoms with Gasteiger partial charge in [-0.1, -0.05) is 0 Å². The van der Waals surface area contributed by atoms with Crippen LogP contribution in [0.15, 0.2) is 22.8 Å². The van der Waals surface area contributed by atoms with Crippen LogP contribution >= 0.6 is 0 Å². The highest BCUT2D eigenvalue weighted by atomic mass is 16.3. The summed E-state index contributed by atoms with van der Waals surface area (Å²) in [6.07, 6.45) is 3.95. The van der Waals surface area contributed by atoms with Gasteiger partial charge in [0.2, 0.25) is 0 Å². The van der Waals surface area contributed by atoms with Crippen LogP contribution in [-0.2, 0) is 0 Å². The summed E-state index contributed by atoms with van der Waals surface area (Å²) in [5.41, 5.74) is 0. The fraction of sp³-hybridized carbons (Fsp3) is 0.455. The van der Waals surface area contributed by atoms with E-state index in [-0.39, 0.29) is 5.91 Å². The summed E-state index contributed by atoms with van der Waals surface area (Å²) in [5.74, 6) is 0.262. The fourth-order valence-corrected chi connectivity index (χ4v) is 1.55. The molecule has 1 aromatic rings. The summed E-state index contributed by atoms with van der Waals surface area (Å²) in [6, 6.07) is 5.73. The first-order chi connectivity index (χ1) is 7.33. The highest BCUT2D eigenvalue weighted by Crippen LogP contribution is 2.28. The lowest BCUT2D eigenvalue weighted by Gasteiger charge is -2.19. The van der Waals surface area contributed by atoms with Gasteiger partial charge in [-0.3, -0.25) is 4.79 Å². The van der Waals surface area contributed by atoms with Gasteiger partial charge in [0.25, 0.3) is 5.91 Å². The molecule has 4 heteroatoms. The summed E-state index contributed by atoms with van der Waals surface area (Å²) < 4.78 is 5.06. The minimum atomic E-state index is -0.0993. The zero-order valence-electron chi connectivity index (χ0n) is 8.35. The largest absolute Gasteiger partial charge is 0.459 e. The summed E-state index contributed by atoms with van der Waals surface area (Å²) >= 11 is 0. The van der Waals surface area contributed by atoms with Crippen molar-refractivity contribution in [1.82, 2.24) is 4.90 Å². The number of carbonyl (C=O) groups is 1. The Labute approximate surface area is 88.1 Å². The number of nitriles is 1. The predicted molar refractivity (Wildman–Crippen MR) is 53.0 cm³/mol. The summed E-state index contributed by atoms with van der Waals surface area (Å²) in [6.45, 7) is 0.501. The van der Waals surface area contributed by atoms with Crippen LogP contribution in [0, 0.1) is 11.3 Å². The van der Waals surface area contributed by atoms with E-state index in [9.17, 15) is 4.79 Å². The van der Waals surface area contributed by atoms with E-state index in [0.717, 1.165) is 12.8 Å². The first-order valence-corrected chi connectivity index (χ1v) is 5.04. The second-order valence-electron chi connectivity index (χ2n) is 3.62. The Morgan fingerprint density at radius 1 is 1.67 bits per heavy atom. The van der Waals surface area contributed by atoms with Gasteiger partial charge in [0, 0.05) is 12.6 Å². The number of nitrogens with zero attached hydrogens (tertiary/aromatic N) is 2. The Kier molecular flexibility index (Phi) is 2.72. The maximum absolute atomic E-state index is 11.9. The number of furan rings is 1. The summed E-state index contributed by atoms with van der Waals surface area (Å²) in [7, 11) is 0. The van der Waals surface area contributed by atoms with E-state index in [1.165, 1.54) is 6.26 Å². The van der Waals surface area contributed by atoms with Gasteiger partial charge in [0.15, 0.2) is 5.76 Å². The molecule has 1 amide bonds. The van der Waals surface area contributed by atoms with Gasteiger partial charge in [-0.05, 0) is 25.0 Å². The molecule has 0 saturated heterocycles. The molecule has 4 nitrogen and oxygen atoms in total. The van der Waals surface area contributed by atoms with Crippen LogP contribution in [0.5, 0.6) is 0 Å². The van der Waals surface area contributed by atoms with E-state index in [4.69, 9.17) is 9.68 Å². The van der Waals surface area contributed by atoms with Crippen LogP contribution in [0.2, 0.25) is 0 Å². The van der Waals surface area contributed by atoms with E-state index in [1.54, 1.807) is 17.0 Å². The van der Waals surface area contributed by atoms with Gasteiger partial charge < -0.3 is 9.32 Å². The van der Waals surface area contributed by atoms with E-state index in [2.05, 4.69) is 6.07 Å². The molecule has 0 N–H and O–H groups in total. The van der Waals surface area contributed by atoms with Crippen molar-refractivity contribution in [2.24, 2.45) is 0 Å². The average Bonchev–Trinajstić information content (AvgIpc) is 2.94. The van der Waals surface area contributed by atoms with E-state index < -0.39 is 0 Å². The zero-order chi connectivity index (χ0) is 10.7. The average molecular weight is 204 g/mol. The molecule has 1 fully saturated rings. The standard InChI is InChI=1S/C11H12N2O2/c12-6-2-7-13(9-4-5-9)11(14)10-3-1-8-15-10/h1,3,8-9H,2,4-5,7H2. The Morgan fingerprint density at radius 3 is 3.00 bits per heavy atom. The van der Waals surface area contributed by atoms with Crippen molar-refractivity contribution in [3.05, 3.63) is 24.2 Å². The van der Waals surface area contributed by atoms with Crippen molar-refractivity contribution >= 4 is 5.91 Å². The van der Waals surface area contributed by atoms with E-state index in [0.29, 0.717) is 24.8 Å². The van der Waals surface area contributed by atoms with Crippen LogP contribution in [0.1, 0.15) is 29.8 Å². The zero-order valence-corrected chi connectivity index (χ0v) is 8.35. The molecule has 15 heavy (non-hydrogen) atoms. The maximum Gasteiger partial charge on any atom is 0.289 e. The maximum atomic E-state index is 11.9. The highest BCUT2D eigenvalue weighted by molar-refractivity contribution is 5.91. The van der Waals surface area contributed by atoms with Gasteiger partial charge >= 0.3 is 0 Å². The molecule has 78 valence electrons. The third kappa shape index (κ3) is 2.18. The quantitative estimate of drug-likeness (QED) is 0.751. The molecule has 0 radical (unpaired) electrons. The minimum absolute atomic E-state index is 0.0993. The number of rotatable bonds is 4. The Hall–Kier alpha value is -1.76. The highest BCUT2D eigenvalue weighted by Gasteiger charge is 2.33. The molecule has 1 saturated carbocycles. The molecular formula is C11H12N2O2. The Balaban J connectivity index is 2.04. The van der Waals surface area contributed by atoms with Crippen LogP contribution in [0.3, 0.4) is 0 Å². The van der Waals surface area contributed by atoms with Gasteiger partial charge in [-0.2, -0.15) is 5.26 Å². The lowest BCUT2D eigenvalue weighted by Crippen LogP contribution is -2.33. The van der Waals surface area contributed by atoms with Crippen molar-refractivity contribution in [3.8, 4) is 6.07 Å². The SMILES string of the molecule is N#CCCN(C(=O)c1ccco1)C1CC1. The van der Waals surface area contributed by atoms with Crippen molar-refractivity contribution < 1.29 is 9.21 Å². The molecule has 0 bridgehead atoms. The topological polar surface area (TPSA) is 57.2 Å². The van der Waals surface area contributed by atoms with Crippen molar-refractivity contribution in [3.63, 3.8) is 0 Å². The van der Waals surface area contributed by atoms with Crippen LogP contribution in [0.4, 0.5) is 0 Å². The molecule has 0 aromatic carbocycles. The van der Waals surface area contributed by atoms with Crippen LogP contribution in [-0.4, -0.2) is 23.4 Å².